The third kappa shape index (κ3) is 2.86. The van der Waals surface area contributed by atoms with Crippen LogP contribution in [0.3, 0.4) is 0 Å². The lowest BCUT2D eigenvalue weighted by Gasteiger charge is -2.26. The van der Waals surface area contributed by atoms with Gasteiger partial charge in [-0.05, 0) is 31.2 Å². The minimum atomic E-state index is -0.0538. The van der Waals surface area contributed by atoms with Gasteiger partial charge in [-0.1, -0.05) is 36.4 Å². The number of aromatic nitrogens is 2. The van der Waals surface area contributed by atoms with E-state index in [-0.39, 0.29) is 11.9 Å². The molecule has 140 valence electrons. The predicted octanol–water partition coefficient (Wildman–Crippen LogP) is 4.65. The molecule has 4 aromatic rings. The van der Waals surface area contributed by atoms with Crippen molar-refractivity contribution in [1.82, 2.24) is 15.1 Å². The van der Waals surface area contributed by atoms with Crippen LogP contribution in [0.25, 0.3) is 15.9 Å². The fraction of sp³-hybridized carbons (Fsp3) is 0.182. The number of amides is 1. The SMILES string of the molecule is Cc1nn(-c2ccccc2)c2sc(C(=O)NC3CCOc4ccccc43)cc12. The average Bonchev–Trinajstić information content (AvgIpc) is 3.30. The zero-order valence-electron chi connectivity index (χ0n) is 15.4. The van der Waals surface area contributed by atoms with Crippen molar-refractivity contribution in [2.24, 2.45) is 0 Å². The molecule has 1 atom stereocenters. The number of nitrogens with zero attached hydrogens (tertiary/aromatic N) is 2. The Balaban J connectivity index is 1.47. The summed E-state index contributed by atoms with van der Waals surface area (Å²) in [7, 11) is 0. The highest BCUT2D eigenvalue weighted by atomic mass is 32.1. The molecule has 0 fully saturated rings. The molecule has 0 radical (unpaired) electrons. The molecule has 1 aliphatic heterocycles. The molecule has 0 aliphatic carbocycles. The number of ether oxygens (including phenoxy) is 1. The van der Waals surface area contributed by atoms with Gasteiger partial charge in [0.1, 0.15) is 10.6 Å². The van der Waals surface area contributed by atoms with Gasteiger partial charge in [0.05, 0.1) is 28.9 Å². The lowest BCUT2D eigenvalue weighted by Crippen LogP contribution is -2.31. The maximum Gasteiger partial charge on any atom is 0.261 e. The Labute approximate surface area is 166 Å². The van der Waals surface area contributed by atoms with Crippen LogP contribution in [0.5, 0.6) is 5.75 Å². The van der Waals surface area contributed by atoms with Crippen molar-refractivity contribution in [2.45, 2.75) is 19.4 Å². The Morgan fingerprint density at radius 3 is 2.82 bits per heavy atom. The second-order valence-electron chi connectivity index (χ2n) is 6.86. The fourth-order valence-electron chi connectivity index (χ4n) is 3.62. The van der Waals surface area contributed by atoms with Crippen molar-refractivity contribution in [3.05, 3.63) is 76.8 Å². The van der Waals surface area contributed by atoms with Crippen LogP contribution < -0.4 is 10.1 Å². The van der Waals surface area contributed by atoms with Crippen molar-refractivity contribution < 1.29 is 9.53 Å². The lowest BCUT2D eigenvalue weighted by molar-refractivity contribution is 0.0929. The average molecular weight is 389 g/mol. The predicted molar refractivity (Wildman–Crippen MR) is 110 cm³/mol. The number of rotatable bonds is 3. The van der Waals surface area contributed by atoms with Crippen molar-refractivity contribution in [3.63, 3.8) is 0 Å². The Morgan fingerprint density at radius 1 is 1.18 bits per heavy atom. The molecule has 1 unspecified atom stereocenters. The van der Waals surface area contributed by atoms with E-state index >= 15 is 0 Å². The van der Waals surface area contributed by atoms with E-state index < -0.39 is 0 Å². The van der Waals surface area contributed by atoms with Crippen LogP contribution in [0.4, 0.5) is 0 Å². The molecule has 0 saturated heterocycles. The van der Waals surface area contributed by atoms with Gasteiger partial charge < -0.3 is 10.1 Å². The van der Waals surface area contributed by atoms with Gasteiger partial charge in [0.15, 0.2) is 0 Å². The van der Waals surface area contributed by atoms with Gasteiger partial charge in [-0.25, -0.2) is 4.68 Å². The first-order chi connectivity index (χ1) is 13.7. The first-order valence-corrected chi connectivity index (χ1v) is 10.1. The van der Waals surface area contributed by atoms with Crippen LogP contribution in [-0.4, -0.2) is 22.3 Å². The second-order valence-corrected chi connectivity index (χ2v) is 7.89. The summed E-state index contributed by atoms with van der Waals surface area (Å²) < 4.78 is 7.61. The molecule has 5 nitrogen and oxygen atoms in total. The molecule has 28 heavy (non-hydrogen) atoms. The third-order valence-electron chi connectivity index (χ3n) is 5.03. The van der Waals surface area contributed by atoms with Crippen LogP contribution in [-0.2, 0) is 0 Å². The van der Waals surface area contributed by atoms with Crippen molar-refractivity contribution in [3.8, 4) is 11.4 Å². The highest BCUT2D eigenvalue weighted by Crippen LogP contribution is 2.34. The van der Waals surface area contributed by atoms with Crippen molar-refractivity contribution >= 4 is 27.5 Å². The number of para-hydroxylation sites is 2. The molecule has 2 aromatic heterocycles. The summed E-state index contributed by atoms with van der Waals surface area (Å²) in [5, 5.41) is 8.85. The number of carbonyl (C=O) groups is 1. The lowest BCUT2D eigenvalue weighted by atomic mass is 10.0. The first kappa shape index (κ1) is 17.0. The van der Waals surface area contributed by atoms with E-state index in [1.54, 1.807) is 0 Å². The number of hydrogen-bond acceptors (Lipinski definition) is 4. The topological polar surface area (TPSA) is 56.2 Å². The Bertz CT molecular complexity index is 1160. The quantitative estimate of drug-likeness (QED) is 0.555. The van der Waals surface area contributed by atoms with Gasteiger partial charge >= 0.3 is 0 Å². The summed E-state index contributed by atoms with van der Waals surface area (Å²) >= 11 is 1.47. The molecule has 3 heterocycles. The van der Waals surface area contributed by atoms with Crippen LogP contribution in [0, 0.1) is 6.92 Å². The monoisotopic (exact) mass is 389 g/mol. The molecular weight excluding hydrogens is 370 g/mol. The van der Waals surface area contributed by atoms with Crippen molar-refractivity contribution in [1.29, 1.82) is 0 Å². The Kier molecular flexibility index (Phi) is 4.13. The number of carbonyl (C=O) groups excluding carboxylic acids is 1. The van der Waals surface area contributed by atoms with E-state index in [9.17, 15) is 4.79 Å². The highest BCUT2D eigenvalue weighted by Gasteiger charge is 2.24. The van der Waals surface area contributed by atoms with E-state index in [4.69, 9.17) is 4.74 Å². The fourth-order valence-corrected chi connectivity index (χ4v) is 4.71. The van der Waals surface area contributed by atoms with E-state index in [0.29, 0.717) is 11.5 Å². The number of aryl methyl sites for hydroxylation is 1. The highest BCUT2D eigenvalue weighted by molar-refractivity contribution is 7.20. The van der Waals surface area contributed by atoms with Gasteiger partial charge in [-0.15, -0.1) is 11.3 Å². The summed E-state index contributed by atoms with van der Waals surface area (Å²) in [6, 6.07) is 19.8. The Hall–Kier alpha value is -3.12. The minimum Gasteiger partial charge on any atom is -0.493 e. The van der Waals surface area contributed by atoms with Gasteiger partial charge in [-0.3, -0.25) is 4.79 Å². The molecule has 2 aromatic carbocycles. The summed E-state index contributed by atoms with van der Waals surface area (Å²) in [4.78, 5) is 14.7. The minimum absolute atomic E-state index is 0.0330. The van der Waals surface area contributed by atoms with E-state index in [1.807, 2.05) is 72.3 Å². The maximum atomic E-state index is 13.0. The Morgan fingerprint density at radius 2 is 1.96 bits per heavy atom. The van der Waals surface area contributed by atoms with Crippen LogP contribution in [0.15, 0.2) is 60.7 Å². The number of thiophene rings is 1. The molecule has 6 heteroatoms. The molecule has 1 aliphatic rings. The van der Waals surface area contributed by atoms with E-state index in [0.717, 1.165) is 39.3 Å². The molecule has 0 spiro atoms. The van der Waals surface area contributed by atoms with Gasteiger partial charge in [0.25, 0.3) is 5.91 Å². The molecular formula is C22H19N3O2S. The van der Waals surface area contributed by atoms with Crippen molar-refractivity contribution in [2.75, 3.05) is 6.61 Å². The summed E-state index contributed by atoms with van der Waals surface area (Å²) in [6.45, 7) is 2.58. The second kappa shape index (κ2) is 6.80. The van der Waals surface area contributed by atoms with Crippen LogP contribution >= 0.6 is 11.3 Å². The smallest absolute Gasteiger partial charge is 0.261 e. The standard InChI is InChI=1S/C22H19N3O2S/c1-14-17-13-20(28-22(17)25(24-14)15-7-3-2-4-8-15)21(26)23-18-11-12-27-19-10-6-5-9-16(18)19/h2-10,13,18H,11-12H2,1H3,(H,23,26). The normalized spacial score (nSPS) is 15.8. The molecule has 0 saturated carbocycles. The van der Waals surface area contributed by atoms with Gasteiger partial charge in [0.2, 0.25) is 0 Å². The van der Waals surface area contributed by atoms with Crippen LogP contribution in [0.2, 0.25) is 0 Å². The number of benzene rings is 2. The zero-order chi connectivity index (χ0) is 19.1. The van der Waals surface area contributed by atoms with Gasteiger partial charge in [-0.2, -0.15) is 5.10 Å². The van der Waals surface area contributed by atoms with E-state index in [1.165, 1.54) is 11.3 Å². The molecule has 5 rings (SSSR count). The summed E-state index contributed by atoms with van der Waals surface area (Å²) in [5.41, 5.74) is 2.95. The first-order valence-electron chi connectivity index (χ1n) is 9.28. The zero-order valence-corrected chi connectivity index (χ0v) is 16.2. The number of fused-ring (bicyclic) bond motifs is 2. The molecule has 1 N–H and O–H groups in total. The largest absolute Gasteiger partial charge is 0.493 e. The summed E-state index contributed by atoms with van der Waals surface area (Å²) in [5.74, 6) is 0.799. The molecule has 1 amide bonds. The number of hydrogen-bond donors (Lipinski definition) is 1. The van der Waals surface area contributed by atoms with Gasteiger partial charge in [0, 0.05) is 17.4 Å². The number of nitrogens with one attached hydrogen (secondary N) is 1. The van der Waals surface area contributed by atoms with Crippen LogP contribution in [0.1, 0.15) is 33.4 Å². The third-order valence-corrected chi connectivity index (χ3v) is 6.14. The molecule has 0 bridgehead atoms. The maximum absolute atomic E-state index is 13.0. The summed E-state index contributed by atoms with van der Waals surface area (Å²) in [6.07, 6.45) is 0.768. The van der Waals surface area contributed by atoms with E-state index in [2.05, 4.69) is 10.4 Å².